The summed E-state index contributed by atoms with van der Waals surface area (Å²) in [7, 11) is 0. The zero-order valence-electron chi connectivity index (χ0n) is 12.4. The number of halogens is 1. The van der Waals surface area contributed by atoms with Gasteiger partial charge >= 0.3 is 0 Å². The summed E-state index contributed by atoms with van der Waals surface area (Å²) < 4.78 is 3.32. The van der Waals surface area contributed by atoms with Gasteiger partial charge in [-0.2, -0.15) is 0 Å². The summed E-state index contributed by atoms with van der Waals surface area (Å²) in [5.41, 5.74) is 1.16. The number of thioether (sulfide) groups is 1. The number of aromatic nitrogens is 4. The van der Waals surface area contributed by atoms with Crippen LogP contribution in [0.3, 0.4) is 0 Å². The molecule has 3 aromatic rings. The maximum absolute atomic E-state index is 12.3. The smallest absolute Gasteiger partial charge is 0.267 e. The Hall–Kier alpha value is -2.32. The van der Waals surface area contributed by atoms with Gasteiger partial charge in [0.15, 0.2) is 5.16 Å². The lowest BCUT2D eigenvalue weighted by atomic mass is 10.3. The summed E-state index contributed by atoms with van der Waals surface area (Å²) in [4.78, 5) is 33.1. The van der Waals surface area contributed by atoms with Crippen molar-refractivity contribution in [2.45, 2.75) is 18.2 Å². The van der Waals surface area contributed by atoms with Gasteiger partial charge in [-0.25, -0.2) is 9.97 Å². The lowest BCUT2D eigenvalue weighted by Gasteiger charge is -2.05. The maximum Gasteiger partial charge on any atom is 0.267 e. The second-order valence-corrected chi connectivity index (χ2v) is 6.79. The van der Waals surface area contributed by atoms with Gasteiger partial charge in [0.05, 0.1) is 17.3 Å². The Morgan fingerprint density at radius 3 is 3.12 bits per heavy atom. The van der Waals surface area contributed by atoms with Crippen LogP contribution >= 0.6 is 23.4 Å². The van der Waals surface area contributed by atoms with E-state index in [9.17, 15) is 9.59 Å². The molecule has 0 aliphatic carbocycles. The lowest BCUT2D eigenvalue weighted by Crippen LogP contribution is -2.33. The minimum atomic E-state index is -0.449. The molecule has 0 fully saturated rings. The topological polar surface area (TPSA) is 81.3 Å². The Morgan fingerprint density at radius 1 is 1.38 bits per heavy atom. The molecule has 0 bridgehead atoms. The molecule has 4 heterocycles. The van der Waals surface area contributed by atoms with Gasteiger partial charge in [0.2, 0.25) is 0 Å². The van der Waals surface area contributed by atoms with Crippen molar-refractivity contribution >= 4 is 34.9 Å². The minimum Gasteiger partial charge on any atom is -0.346 e. The number of hydrogen-bond acceptors (Lipinski definition) is 5. The van der Waals surface area contributed by atoms with E-state index >= 15 is 0 Å². The highest BCUT2D eigenvalue weighted by Gasteiger charge is 2.19. The molecule has 9 heteroatoms. The zero-order chi connectivity index (χ0) is 16.7. The van der Waals surface area contributed by atoms with E-state index in [2.05, 4.69) is 15.3 Å². The number of fused-ring (bicyclic) bond motifs is 2. The van der Waals surface area contributed by atoms with Crippen LogP contribution < -0.4 is 10.9 Å². The summed E-state index contributed by atoms with van der Waals surface area (Å²) >= 11 is 7.45. The average Bonchev–Trinajstić information content (AvgIpc) is 3.19. The zero-order valence-corrected chi connectivity index (χ0v) is 14.0. The molecule has 0 saturated heterocycles. The van der Waals surface area contributed by atoms with Crippen molar-refractivity contribution in [3.05, 3.63) is 57.4 Å². The van der Waals surface area contributed by atoms with E-state index in [0.29, 0.717) is 22.4 Å². The van der Waals surface area contributed by atoms with Crippen LogP contribution in [-0.2, 0) is 13.1 Å². The van der Waals surface area contributed by atoms with Gasteiger partial charge in [0.1, 0.15) is 11.2 Å². The Bertz CT molecular complexity index is 1010. The molecule has 1 N–H and O–H groups in total. The highest BCUT2D eigenvalue weighted by atomic mass is 35.5. The third-order valence-electron chi connectivity index (χ3n) is 3.70. The highest BCUT2D eigenvalue weighted by molar-refractivity contribution is 7.99. The lowest BCUT2D eigenvalue weighted by molar-refractivity contribution is 0.0947. The number of rotatable bonds is 3. The molecule has 1 amide bonds. The van der Waals surface area contributed by atoms with Crippen molar-refractivity contribution in [3.63, 3.8) is 0 Å². The summed E-state index contributed by atoms with van der Waals surface area (Å²) in [6, 6.07) is 3.55. The van der Waals surface area contributed by atoms with Crippen LogP contribution in [-0.4, -0.2) is 30.6 Å². The van der Waals surface area contributed by atoms with Crippen LogP contribution in [0.1, 0.15) is 16.1 Å². The molecule has 122 valence electrons. The monoisotopic (exact) mass is 361 g/mol. The quantitative estimate of drug-likeness (QED) is 0.716. The molecular formula is C15H12ClN5O2S. The molecule has 1 aliphatic heterocycles. The molecule has 0 radical (unpaired) electrons. The Labute approximate surface area is 145 Å². The third kappa shape index (κ3) is 2.67. The number of pyridine rings is 1. The highest BCUT2D eigenvalue weighted by Crippen LogP contribution is 2.20. The fraction of sp³-hybridized carbons (Fsp3) is 0.200. The van der Waals surface area contributed by atoms with Crippen molar-refractivity contribution in [2.75, 3.05) is 5.75 Å². The molecule has 0 atom stereocenters. The first-order valence-corrected chi connectivity index (χ1v) is 8.62. The van der Waals surface area contributed by atoms with E-state index in [1.807, 2.05) is 0 Å². The van der Waals surface area contributed by atoms with Crippen LogP contribution in [0.15, 0.2) is 40.7 Å². The van der Waals surface area contributed by atoms with Gasteiger partial charge < -0.3 is 9.72 Å². The molecule has 3 aromatic heterocycles. The Morgan fingerprint density at radius 2 is 2.25 bits per heavy atom. The summed E-state index contributed by atoms with van der Waals surface area (Å²) in [5.74, 6) is 0.353. The fourth-order valence-corrected chi connectivity index (χ4v) is 3.62. The average molecular weight is 362 g/mol. The standard InChI is InChI=1S/C15H12ClN5O2S/c16-9-1-2-12-19-10(8-20(12)7-9)5-17-13(22)11-6-18-15-21(14(11)23)3-4-24-15/h1-2,6-8H,3-5H2,(H,17,22). The fourth-order valence-electron chi connectivity index (χ4n) is 2.54. The van der Waals surface area contributed by atoms with E-state index < -0.39 is 5.91 Å². The van der Waals surface area contributed by atoms with Crippen LogP contribution in [0.25, 0.3) is 5.65 Å². The second kappa shape index (κ2) is 5.95. The molecule has 0 aromatic carbocycles. The molecule has 0 spiro atoms. The third-order valence-corrected chi connectivity index (χ3v) is 4.89. The van der Waals surface area contributed by atoms with Crippen molar-refractivity contribution in [1.29, 1.82) is 0 Å². The van der Waals surface area contributed by atoms with Crippen molar-refractivity contribution in [3.8, 4) is 0 Å². The van der Waals surface area contributed by atoms with Crippen LogP contribution in [0.4, 0.5) is 0 Å². The minimum absolute atomic E-state index is 0.0491. The van der Waals surface area contributed by atoms with E-state index in [1.54, 1.807) is 28.9 Å². The number of amides is 1. The molecule has 4 rings (SSSR count). The number of hydrogen-bond donors (Lipinski definition) is 1. The maximum atomic E-state index is 12.3. The number of carbonyl (C=O) groups is 1. The number of nitrogens with one attached hydrogen (secondary N) is 1. The van der Waals surface area contributed by atoms with E-state index in [4.69, 9.17) is 11.6 Å². The van der Waals surface area contributed by atoms with Gasteiger partial charge in [-0.1, -0.05) is 23.4 Å². The van der Waals surface area contributed by atoms with E-state index in [-0.39, 0.29) is 17.7 Å². The normalized spacial score (nSPS) is 13.2. The molecule has 0 saturated carbocycles. The molecule has 7 nitrogen and oxygen atoms in total. The van der Waals surface area contributed by atoms with Crippen LogP contribution in [0.2, 0.25) is 5.02 Å². The SMILES string of the molecule is O=C(NCc1cn2cc(Cl)ccc2n1)c1cnc2n(c1=O)CCS2. The first kappa shape index (κ1) is 15.2. The number of carbonyl (C=O) groups excluding carboxylic acids is 1. The van der Waals surface area contributed by atoms with Gasteiger partial charge in [-0.05, 0) is 12.1 Å². The largest absolute Gasteiger partial charge is 0.346 e. The molecule has 24 heavy (non-hydrogen) atoms. The first-order chi connectivity index (χ1) is 11.6. The Kier molecular flexibility index (Phi) is 3.78. The predicted octanol–water partition coefficient (Wildman–Crippen LogP) is 1.58. The summed E-state index contributed by atoms with van der Waals surface area (Å²) in [6.07, 6.45) is 4.86. The first-order valence-electron chi connectivity index (χ1n) is 7.26. The van der Waals surface area contributed by atoms with Gasteiger partial charge in [-0.3, -0.25) is 14.2 Å². The predicted molar refractivity (Wildman–Crippen MR) is 90.6 cm³/mol. The number of imidazole rings is 1. The van der Waals surface area contributed by atoms with Gasteiger partial charge in [0, 0.05) is 30.9 Å². The van der Waals surface area contributed by atoms with Crippen LogP contribution in [0.5, 0.6) is 0 Å². The van der Waals surface area contributed by atoms with E-state index in [1.165, 1.54) is 22.5 Å². The van der Waals surface area contributed by atoms with Crippen molar-refractivity contribution < 1.29 is 4.79 Å². The van der Waals surface area contributed by atoms with Crippen molar-refractivity contribution in [1.82, 2.24) is 24.3 Å². The molecule has 1 aliphatic rings. The van der Waals surface area contributed by atoms with E-state index in [0.717, 1.165) is 11.4 Å². The van der Waals surface area contributed by atoms with Gasteiger partial charge in [0.25, 0.3) is 11.5 Å². The van der Waals surface area contributed by atoms with Crippen molar-refractivity contribution in [2.24, 2.45) is 0 Å². The molecular weight excluding hydrogens is 350 g/mol. The number of nitrogens with zero attached hydrogens (tertiary/aromatic N) is 4. The molecule has 0 unspecified atom stereocenters. The second-order valence-electron chi connectivity index (χ2n) is 5.29. The van der Waals surface area contributed by atoms with Gasteiger partial charge in [-0.15, -0.1) is 0 Å². The summed E-state index contributed by atoms with van der Waals surface area (Å²) in [5, 5.41) is 3.98. The summed E-state index contributed by atoms with van der Waals surface area (Å²) in [6.45, 7) is 0.800. The Balaban J connectivity index is 1.53. The van der Waals surface area contributed by atoms with Crippen LogP contribution in [0, 0.1) is 0 Å².